The molecular weight excluding hydrogens is 354 g/mol. The monoisotopic (exact) mass is 373 g/mol. The molecule has 0 aromatic heterocycles. The van der Waals surface area contributed by atoms with Gasteiger partial charge in [-0.25, -0.2) is 13.2 Å². The van der Waals surface area contributed by atoms with Crippen molar-refractivity contribution in [1.29, 1.82) is 0 Å². The Hall–Kier alpha value is -2.67. The molecule has 1 aliphatic rings. The molecule has 1 atom stereocenters. The zero-order valence-corrected chi connectivity index (χ0v) is 15.0. The first-order valence-corrected chi connectivity index (χ1v) is 10.1. The molecule has 0 heterocycles. The van der Waals surface area contributed by atoms with Gasteiger partial charge < -0.3 is 10.1 Å². The molecule has 2 aromatic carbocycles. The molecule has 26 heavy (non-hydrogen) atoms. The quantitative estimate of drug-likeness (QED) is 0.785. The average molecular weight is 373 g/mol. The molecular formula is C19H19NO5S. The van der Waals surface area contributed by atoms with E-state index in [2.05, 4.69) is 5.32 Å². The summed E-state index contributed by atoms with van der Waals surface area (Å²) in [5.74, 6) is -1.27. The number of nitrogens with one attached hydrogen (secondary N) is 1. The molecule has 1 aliphatic carbocycles. The highest BCUT2D eigenvalue weighted by Crippen LogP contribution is 2.25. The molecule has 7 heteroatoms. The number of hydrogen-bond acceptors (Lipinski definition) is 5. The fourth-order valence-corrected chi connectivity index (χ4v) is 3.41. The number of benzene rings is 2. The van der Waals surface area contributed by atoms with E-state index in [1.54, 1.807) is 36.4 Å². The molecule has 0 radical (unpaired) electrons. The van der Waals surface area contributed by atoms with Crippen LogP contribution in [0.15, 0.2) is 59.5 Å². The van der Waals surface area contributed by atoms with E-state index in [-0.39, 0.29) is 16.5 Å². The fourth-order valence-electron chi connectivity index (χ4n) is 2.53. The van der Waals surface area contributed by atoms with Gasteiger partial charge in [-0.2, -0.15) is 0 Å². The van der Waals surface area contributed by atoms with Crippen LogP contribution in [0.5, 0.6) is 0 Å². The van der Waals surface area contributed by atoms with Crippen LogP contribution in [0.3, 0.4) is 0 Å². The largest absolute Gasteiger partial charge is 0.444 e. The number of rotatable bonds is 6. The van der Waals surface area contributed by atoms with Crippen LogP contribution in [0.1, 0.15) is 34.9 Å². The van der Waals surface area contributed by atoms with Crippen molar-refractivity contribution in [2.45, 2.75) is 29.9 Å². The van der Waals surface area contributed by atoms with Crippen LogP contribution in [-0.2, 0) is 19.4 Å². The summed E-state index contributed by atoms with van der Waals surface area (Å²) < 4.78 is 29.3. The van der Waals surface area contributed by atoms with Crippen LogP contribution in [0.25, 0.3) is 0 Å². The molecule has 0 aliphatic heterocycles. The SMILES string of the molecule is CS(=O)(=O)c1ccccc1C(=O)O[C@@H](C(=O)NC1CC1)c1ccccc1. The lowest BCUT2D eigenvalue weighted by atomic mass is 10.1. The maximum atomic E-state index is 12.6. The number of esters is 1. The predicted octanol–water partition coefficient (Wildman–Crippen LogP) is 2.27. The summed E-state index contributed by atoms with van der Waals surface area (Å²) in [6, 6.07) is 14.5. The van der Waals surface area contributed by atoms with Crippen LogP contribution < -0.4 is 5.32 Å². The summed E-state index contributed by atoms with van der Waals surface area (Å²) in [7, 11) is -3.61. The first-order chi connectivity index (χ1) is 12.4. The molecule has 1 N–H and O–H groups in total. The molecule has 0 unspecified atom stereocenters. The predicted molar refractivity (Wildman–Crippen MR) is 95.3 cm³/mol. The van der Waals surface area contributed by atoms with Gasteiger partial charge in [0, 0.05) is 17.9 Å². The van der Waals surface area contributed by atoms with E-state index in [0.717, 1.165) is 19.1 Å². The van der Waals surface area contributed by atoms with Gasteiger partial charge in [-0.15, -0.1) is 0 Å². The highest BCUT2D eigenvalue weighted by molar-refractivity contribution is 7.90. The van der Waals surface area contributed by atoms with Gasteiger partial charge in [-0.3, -0.25) is 4.79 Å². The van der Waals surface area contributed by atoms with Crippen LogP contribution in [0.4, 0.5) is 0 Å². The Labute approximate surface area is 152 Å². The maximum Gasteiger partial charge on any atom is 0.340 e. The lowest BCUT2D eigenvalue weighted by molar-refractivity contribution is -0.130. The van der Waals surface area contributed by atoms with Crippen LogP contribution >= 0.6 is 0 Å². The average Bonchev–Trinajstić information content (AvgIpc) is 3.43. The smallest absolute Gasteiger partial charge is 0.340 e. The van der Waals surface area contributed by atoms with E-state index in [4.69, 9.17) is 4.74 Å². The minimum Gasteiger partial charge on any atom is -0.444 e. The Kier molecular flexibility index (Phi) is 5.08. The van der Waals surface area contributed by atoms with Crippen molar-refractivity contribution in [1.82, 2.24) is 5.32 Å². The molecule has 1 amide bonds. The standard InChI is InChI=1S/C19H19NO5S/c1-26(23,24)16-10-6-5-9-15(16)19(22)25-17(13-7-3-2-4-8-13)18(21)20-14-11-12-14/h2-10,14,17H,11-12H2,1H3,(H,20,21)/t17-/m1/s1. The van der Waals surface area contributed by atoms with Crippen molar-refractivity contribution in [2.75, 3.05) is 6.26 Å². The molecule has 0 spiro atoms. The zero-order valence-electron chi connectivity index (χ0n) is 14.2. The fraction of sp³-hybridized carbons (Fsp3) is 0.263. The van der Waals surface area contributed by atoms with E-state index < -0.39 is 27.8 Å². The van der Waals surface area contributed by atoms with Gasteiger partial charge in [0.05, 0.1) is 10.5 Å². The zero-order chi connectivity index (χ0) is 18.7. The number of ether oxygens (including phenoxy) is 1. The van der Waals surface area contributed by atoms with Crippen molar-refractivity contribution in [3.05, 3.63) is 65.7 Å². The van der Waals surface area contributed by atoms with Crippen LogP contribution in [-0.4, -0.2) is 32.6 Å². The van der Waals surface area contributed by atoms with Crippen molar-refractivity contribution < 1.29 is 22.7 Å². The second kappa shape index (κ2) is 7.29. The summed E-state index contributed by atoms with van der Waals surface area (Å²) in [4.78, 5) is 25.0. The molecule has 0 bridgehead atoms. The van der Waals surface area contributed by atoms with Crippen LogP contribution in [0.2, 0.25) is 0 Å². The van der Waals surface area contributed by atoms with E-state index >= 15 is 0 Å². The highest BCUT2D eigenvalue weighted by atomic mass is 32.2. The summed E-state index contributed by atoms with van der Waals surface area (Å²) in [5.41, 5.74) is 0.436. The summed E-state index contributed by atoms with van der Waals surface area (Å²) in [6.07, 6.45) is 1.68. The van der Waals surface area contributed by atoms with Crippen molar-refractivity contribution in [2.24, 2.45) is 0 Å². The number of carbonyl (C=O) groups is 2. The first kappa shape index (κ1) is 18.1. The van der Waals surface area contributed by atoms with E-state index in [0.29, 0.717) is 5.56 Å². The molecule has 3 rings (SSSR count). The van der Waals surface area contributed by atoms with Crippen molar-refractivity contribution in [3.63, 3.8) is 0 Å². The minimum atomic E-state index is -3.61. The third-order valence-electron chi connectivity index (χ3n) is 4.00. The number of amides is 1. The summed E-state index contributed by atoms with van der Waals surface area (Å²) in [6.45, 7) is 0. The van der Waals surface area contributed by atoms with Gasteiger partial charge in [-0.1, -0.05) is 42.5 Å². The van der Waals surface area contributed by atoms with Crippen molar-refractivity contribution in [3.8, 4) is 0 Å². The lowest BCUT2D eigenvalue weighted by Gasteiger charge is -2.18. The number of carbonyl (C=O) groups excluding carboxylic acids is 2. The third kappa shape index (κ3) is 4.29. The summed E-state index contributed by atoms with van der Waals surface area (Å²) in [5, 5.41) is 2.82. The third-order valence-corrected chi connectivity index (χ3v) is 5.15. The highest BCUT2D eigenvalue weighted by Gasteiger charge is 2.32. The minimum absolute atomic E-state index is 0.0878. The van der Waals surface area contributed by atoms with E-state index in [9.17, 15) is 18.0 Å². The maximum absolute atomic E-state index is 12.6. The van der Waals surface area contributed by atoms with E-state index in [1.807, 2.05) is 0 Å². The first-order valence-electron chi connectivity index (χ1n) is 8.21. The Balaban J connectivity index is 1.89. The summed E-state index contributed by atoms with van der Waals surface area (Å²) >= 11 is 0. The van der Waals surface area contributed by atoms with Gasteiger partial charge in [0.1, 0.15) is 0 Å². The van der Waals surface area contributed by atoms with Gasteiger partial charge >= 0.3 is 5.97 Å². The number of hydrogen-bond donors (Lipinski definition) is 1. The molecule has 0 saturated heterocycles. The second-order valence-corrected chi connectivity index (χ2v) is 8.23. The Morgan fingerprint density at radius 2 is 1.65 bits per heavy atom. The Bertz CT molecular complexity index is 920. The molecule has 136 valence electrons. The van der Waals surface area contributed by atoms with Crippen molar-refractivity contribution >= 4 is 21.7 Å². The Morgan fingerprint density at radius 3 is 2.27 bits per heavy atom. The molecule has 1 fully saturated rings. The van der Waals surface area contributed by atoms with Gasteiger partial charge in [-0.05, 0) is 25.0 Å². The normalized spacial score (nSPS) is 15.1. The molecule has 2 aromatic rings. The Morgan fingerprint density at radius 1 is 1.04 bits per heavy atom. The van der Waals surface area contributed by atoms with Gasteiger partial charge in [0.2, 0.25) is 6.10 Å². The number of sulfone groups is 1. The second-order valence-electron chi connectivity index (χ2n) is 6.25. The van der Waals surface area contributed by atoms with Gasteiger partial charge in [0.15, 0.2) is 9.84 Å². The van der Waals surface area contributed by atoms with Gasteiger partial charge in [0.25, 0.3) is 5.91 Å². The molecule has 1 saturated carbocycles. The lowest BCUT2D eigenvalue weighted by Crippen LogP contribution is -2.33. The van der Waals surface area contributed by atoms with E-state index in [1.165, 1.54) is 18.2 Å². The topological polar surface area (TPSA) is 89.5 Å². The van der Waals surface area contributed by atoms with Crippen LogP contribution in [0, 0.1) is 0 Å². The molecule has 6 nitrogen and oxygen atoms in total.